The lowest BCUT2D eigenvalue weighted by Gasteiger charge is -2.14. The topological polar surface area (TPSA) is 104 Å². The van der Waals surface area contributed by atoms with Crippen LogP contribution in [0.3, 0.4) is 0 Å². The van der Waals surface area contributed by atoms with Gasteiger partial charge in [0.2, 0.25) is 10.0 Å². The highest BCUT2D eigenvalue weighted by molar-refractivity contribution is 7.89. The molecule has 0 aliphatic heterocycles. The van der Waals surface area contributed by atoms with E-state index in [2.05, 4.69) is 0 Å². The third kappa shape index (κ3) is 3.87. The predicted molar refractivity (Wildman–Crippen MR) is 64.9 cm³/mol. The van der Waals surface area contributed by atoms with Crippen molar-refractivity contribution in [3.8, 4) is 0 Å². The number of carbonyl (C=O) groups is 1. The van der Waals surface area contributed by atoms with E-state index in [0.717, 1.165) is 12.1 Å². The Morgan fingerprint density at radius 3 is 2.63 bits per heavy atom. The Hall–Kier alpha value is -1.22. The first-order valence-electron chi connectivity index (χ1n) is 5.09. The molecule has 0 spiro atoms. The second-order valence-corrected chi connectivity index (χ2v) is 5.67. The summed E-state index contributed by atoms with van der Waals surface area (Å²) in [6.07, 6.45) is -0.337. The van der Waals surface area contributed by atoms with Crippen molar-refractivity contribution in [1.29, 1.82) is 0 Å². The van der Waals surface area contributed by atoms with Crippen LogP contribution in [0.4, 0.5) is 4.39 Å². The number of aliphatic hydroxyl groups excluding tert-OH is 1. The number of benzene rings is 1. The average Bonchev–Trinajstić information content (AvgIpc) is 2.31. The van der Waals surface area contributed by atoms with Crippen molar-refractivity contribution in [3.63, 3.8) is 0 Å². The molecule has 6 nitrogen and oxygen atoms in total. The van der Waals surface area contributed by atoms with E-state index in [1.807, 2.05) is 0 Å². The zero-order chi connectivity index (χ0) is 14.6. The Morgan fingerprint density at radius 2 is 2.11 bits per heavy atom. The second kappa shape index (κ2) is 6.29. The van der Waals surface area contributed by atoms with Gasteiger partial charge in [-0.1, -0.05) is 17.7 Å². The van der Waals surface area contributed by atoms with Gasteiger partial charge < -0.3 is 10.2 Å². The Labute approximate surface area is 113 Å². The average molecular weight is 312 g/mol. The summed E-state index contributed by atoms with van der Waals surface area (Å²) in [5.41, 5.74) is 0. The lowest BCUT2D eigenvalue weighted by atomic mass is 10.2. The van der Waals surface area contributed by atoms with E-state index < -0.39 is 44.4 Å². The number of aliphatic hydroxyl groups is 1. The molecule has 0 radical (unpaired) electrons. The normalized spacial score (nSPS) is 13.2. The zero-order valence-corrected chi connectivity index (χ0v) is 11.1. The van der Waals surface area contributed by atoms with Crippen LogP contribution in [-0.2, 0) is 14.8 Å². The van der Waals surface area contributed by atoms with Crippen molar-refractivity contribution >= 4 is 27.6 Å². The van der Waals surface area contributed by atoms with Gasteiger partial charge in [0, 0.05) is 6.61 Å². The van der Waals surface area contributed by atoms with Gasteiger partial charge >= 0.3 is 5.97 Å². The minimum Gasteiger partial charge on any atom is -0.480 e. The number of carboxylic acids is 1. The van der Waals surface area contributed by atoms with Crippen LogP contribution in [0.1, 0.15) is 6.42 Å². The van der Waals surface area contributed by atoms with Crippen LogP contribution in [-0.4, -0.2) is 37.2 Å². The summed E-state index contributed by atoms with van der Waals surface area (Å²) in [5.74, 6) is -2.63. The Kier molecular flexibility index (Phi) is 5.24. The van der Waals surface area contributed by atoms with Gasteiger partial charge in [0.15, 0.2) is 5.82 Å². The molecule has 3 N–H and O–H groups in total. The monoisotopic (exact) mass is 311 g/mol. The number of carboxylic acid groups (broad SMARTS) is 1. The number of rotatable bonds is 6. The molecule has 0 aromatic heterocycles. The SMILES string of the molecule is O=C(O)C(CCO)NS(=O)(=O)c1cccc(Cl)c1F. The van der Waals surface area contributed by atoms with Crippen molar-refractivity contribution in [2.45, 2.75) is 17.4 Å². The van der Waals surface area contributed by atoms with Gasteiger partial charge in [-0.05, 0) is 18.6 Å². The van der Waals surface area contributed by atoms with E-state index in [9.17, 15) is 17.6 Å². The van der Waals surface area contributed by atoms with Gasteiger partial charge in [-0.15, -0.1) is 0 Å². The predicted octanol–water partition coefficient (Wildman–Crippen LogP) is 0.593. The first-order valence-corrected chi connectivity index (χ1v) is 6.95. The molecule has 106 valence electrons. The molecule has 9 heteroatoms. The number of sulfonamides is 1. The maximum absolute atomic E-state index is 13.6. The molecular formula is C10H11ClFNO5S. The fourth-order valence-electron chi connectivity index (χ4n) is 1.30. The summed E-state index contributed by atoms with van der Waals surface area (Å²) in [4.78, 5) is 10.0. The standard InChI is InChI=1S/C10H11ClFNO5S/c11-6-2-1-3-8(9(6)12)19(17,18)13-7(4-5-14)10(15)16/h1-3,7,13-14H,4-5H2,(H,15,16). The van der Waals surface area contributed by atoms with Crippen molar-refractivity contribution in [2.24, 2.45) is 0 Å². The summed E-state index contributed by atoms with van der Waals surface area (Å²) >= 11 is 5.46. The van der Waals surface area contributed by atoms with E-state index >= 15 is 0 Å². The highest BCUT2D eigenvalue weighted by atomic mass is 35.5. The molecule has 1 unspecified atom stereocenters. The molecule has 0 amide bonds. The van der Waals surface area contributed by atoms with Gasteiger partial charge in [-0.2, -0.15) is 4.72 Å². The molecule has 0 aliphatic rings. The van der Waals surface area contributed by atoms with Crippen LogP contribution in [0.15, 0.2) is 23.1 Å². The number of halogens is 2. The number of aliphatic carboxylic acids is 1. The highest BCUT2D eigenvalue weighted by Crippen LogP contribution is 2.22. The largest absolute Gasteiger partial charge is 0.480 e. The summed E-state index contributed by atoms with van der Waals surface area (Å²) in [5, 5.41) is 17.0. The fourth-order valence-corrected chi connectivity index (χ4v) is 2.86. The van der Waals surface area contributed by atoms with E-state index in [1.165, 1.54) is 6.07 Å². The van der Waals surface area contributed by atoms with Crippen LogP contribution in [0, 0.1) is 5.82 Å². The Morgan fingerprint density at radius 1 is 1.47 bits per heavy atom. The molecule has 1 atom stereocenters. The number of nitrogens with one attached hydrogen (secondary N) is 1. The van der Waals surface area contributed by atoms with Gasteiger partial charge in [0.1, 0.15) is 10.9 Å². The Balaban J connectivity index is 3.10. The quantitative estimate of drug-likeness (QED) is 0.713. The third-order valence-corrected chi connectivity index (χ3v) is 4.00. The first-order chi connectivity index (χ1) is 8.79. The number of hydrogen-bond acceptors (Lipinski definition) is 4. The molecule has 1 rings (SSSR count). The molecule has 0 aliphatic carbocycles. The molecule has 19 heavy (non-hydrogen) atoms. The highest BCUT2D eigenvalue weighted by Gasteiger charge is 2.27. The fraction of sp³-hybridized carbons (Fsp3) is 0.300. The van der Waals surface area contributed by atoms with Crippen molar-refractivity contribution in [1.82, 2.24) is 4.72 Å². The van der Waals surface area contributed by atoms with Crippen LogP contribution in [0.25, 0.3) is 0 Å². The maximum Gasteiger partial charge on any atom is 0.321 e. The first kappa shape index (κ1) is 15.8. The summed E-state index contributed by atoms with van der Waals surface area (Å²) in [7, 11) is -4.38. The zero-order valence-electron chi connectivity index (χ0n) is 9.51. The van der Waals surface area contributed by atoms with Crippen LogP contribution >= 0.6 is 11.6 Å². The second-order valence-electron chi connectivity index (χ2n) is 3.58. The van der Waals surface area contributed by atoms with E-state index in [0.29, 0.717) is 0 Å². The summed E-state index contributed by atoms with van der Waals surface area (Å²) < 4.78 is 39.1. The van der Waals surface area contributed by atoms with Crippen molar-refractivity contribution < 1.29 is 27.8 Å². The van der Waals surface area contributed by atoms with Crippen LogP contribution in [0.5, 0.6) is 0 Å². The van der Waals surface area contributed by atoms with Gasteiger partial charge in [-0.25, -0.2) is 12.8 Å². The van der Waals surface area contributed by atoms with Gasteiger partial charge in [-0.3, -0.25) is 4.79 Å². The summed E-state index contributed by atoms with van der Waals surface area (Å²) in [6, 6.07) is 1.80. The van der Waals surface area contributed by atoms with Crippen molar-refractivity contribution in [3.05, 3.63) is 29.0 Å². The molecule has 0 fully saturated rings. The minimum absolute atomic E-state index is 0.337. The third-order valence-electron chi connectivity index (χ3n) is 2.22. The molecule has 0 bridgehead atoms. The lowest BCUT2D eigenvalue weighted by Crippen LogP contribution is -2.41. The maximum atomic E-state index is 13.6. The lowest BCUT2D eigenvalue weighted by molar-refractivity contribution is -0.139. The summed E-state index contributed by atoms with van der Waals surface area (Å²) in [6.45, 7) is -0.530. The van der Waals surface area contributed by atoms with E-state index in [1.54, 1.807) is 4.72 Å². The molecule has 1 aromatic carbocycles. The van der Waals surface area contributed by atoms with Crippen LogP contribution in [0.2, 0.25) is 5.02 Å². The van der Waals surface area contributed by atoms with Crippen LogP contribution < -0.4 is 4.72 Å². The van der Waals surface area contributed by atoms with Gasteiger partial charge in [0.25, 0.3) is 0 Å². The van der Waals surface area contributed by atoms with Crippen molar-refractivity contribution in [2.75, 3.05) is 6.61 Å². The molecule has 1 aromatic rings. The van der Waals surface area contributed by atoms with Gasteiger partial charge in [0.05, 0.1) is 5.02 Å². The molecule has 0 saturated heterocycles. The molecule has 0 saturated carbocycles. The smallest absolute Gasteiger partial charge is 0.321 e. The minimum atomic E-state index is -4.38. The number of hydrogen-bond donors (Lipinski definition) is 3. The molecule has 0 heterocycles. The van der Waals surface area contributed by atoms with E-state index in [-0.39, 0.29) is 6.42 Å². The van der Waals surface area contributed by atoms with E-state index in [4.69, 9.17) is 21.8 Å². The Bertz CT molecular complexity index is 577. The molecular weight excluding hydrogens is 301 g/mol.